The SMILES string of the molecule is c1ccc(-c2ccc(-c3ccc(N(c4ccccc4-c4ccccc4)c4cc(-c5cccc6ccccc56)ccc4-c4ccccc4)cc3)cc2)cc1. The fourth-order valence-corrected chi connectivity index (χ4v) is 7.45. The Bertz CT molecular complexity index is 2620. The van der Waals surface area contributed by atoms with Crippen molar-refractivity contribution in [2.24, 2.45) is 0 Å². The van der Waals surface area contributed by atoms with E-state index in [0.717, 1.165) is 22.6 Å². The molecular formula is C52H37N. The van der Waals surface area contributed by atoms with Gasteiger partial charge in [-0.1, -0.05) is 200 Å². The molecule has 0 atom stereocenters. The molecule has 0 spiro atoms. The van der Waals surface area contributed by atoms with Crippen LogP contribution in [-0.2, 0) is 0 Å². The van der Waals surface area contributed by atoms with Gasteiger partial charge in [-0.2, -0.15) is 0 Å². The van der Waals surface area contributed by atoms with Crippen LogP contribution in [0.25, 0.3) is 66.4 Å². The second-order valence-electron chi connectivity index (χ2n) is 13.3. The van der Waals surface area contributed by atoms with Crippen LogP contribution in [0.2, 0.25) is 0 Å². The molecule has 0 aliphatic heterocycles. The van der Waals surface area contributed by atoms with E-state index in [-0.39, 0.29) is 0 Å². The lowest BCUT2D eigenvalue weighted by Crippen LogP contribution is -2.12. The van der Waals surface area contributed by atoms with Crippen molar-refractivity contribution < 1.29 is 0 Å². The standard InChI is InChI=1S/C52H37N/c1-4-15-38(16-5-1)39-27-29-40(30-28-39)41-31-34-46(35-32-41)53(51-26-13-12-24-49(51)43-17-6-2-7-18-43)52-37-45(33-36-50(52)44-19-8-3-9-20-44)48-25-14-22-42-21-10-11-23-47(42)48/h1-37H. The van der Waals surface area contributed by atoms with Crippen molar-refractivity contribution in [3.8, 4) is 55.6 Å². The van der Waals surface area contributed by atoms with Gasteiger partial charge in [-0.05, 0) is 79.5 Å². The van der Waals surface area contributed by atoms with Crippen molar-refractivity contribution >= 4 is 27.8 Å². The van der Waals surface area contributed by atoms with Crippen LogP contribution in [0.4, 0.5) is 17.1 Å². The van der Waals surface area contributed by atoms with Crippen molar-refractivity contribution in [1.82, 2.24) is 0 Å². The highest BCUT2D eigenvalue weighted by molar-refractivity contribution is 6.00. The molecule has 0 aliphatic rings. The van der Waals surface area contributed by atoms with Gasteiger partial charge >= 0.3 is 0 Å². The average molecular weight is 676 g/mol. The maximum Gasteiger partial charge on any atom is 0.0546 e. The van der Waals surface area contributed by atoms with Gasteiger partial charge in [-0.25, -0.2) is 0 Å². The monoisotopic (exact) mass is 675 g/mol. The van der Waals surface area contributed by atoms with Gasteiger partial charge in [-0.15, -0.1) is 0 Å². The molecule has 0 radical (unpaired) electrons. The normalized spacial score (nSPS) is 11.0. The number of para-hydroxylation sites is 1. The molecule has 0 aliphatic carbocycles. The lowest BCUT2D eigenvalue weighted by molar-refractivity contribution is 1.28. The number of fused-ring (bicyclic) bond motifs is 1. The summed E-state index contributed by atoms with van der Waals surface area (Å²) in [4.78, 5) is 2.45. The van der Waals surface area contributed by atoms with Crippen LogP contribution < -0.4 is 4.90 Å². The number of hydrogen-bond donors (Lipinski definition) is 0. The summed E-state index contributed by atoms with van der Waals surface area (Å²) < 4.78 is 0. The van der Waals surface area contributed by atoms with Gasteiger partial charge in [0.15, 0.2) is 0 Å². The third-order valence-corrected chi connectivity index (χ3v) is 10.1. The Kier molecular flexibility index (Phi) is 8.66. The molecule has 1 nitrogen and oxygen atoms in total. The van der Waals surface area contributed by atoms with Crippen molar-refractivity contribution in [1.29, 1.82) is 0 Å². The molecule has 0 heterocycles. The van der Waals surface area contributed by atoms with Crippen molar-refractivity contribution in [3.63, 3.8) is 0 Å². The van der Waals surface area contributed by atoms with E-state index in [1.54, 1.807) is 0 Å². The molecule has 0 bridgehead atoms. The quantitative estimate of drug-likeness (QED) is 0.155. The Morgan fingerprint density at radius 1 is 0.245 bits per heavy atom. The number of anilines is 3. The molecule has 0 N–H and O–H groups in total. The van der Waals surface area contributed by atoms with E-state index < -0.39 is 0 Å². The average Bonchev–Trinajstić information content (AvgIpc) is 3.25. The van der Waals surface area contributed by atoms with Gasteiger partial charge in [0.25, 0.3) is 0 Å². The molecule has 9 aromatic carbocycles. The predicted octanol–water partition coefficient (Wildman–Crippen LogP) is 14.6. The molecule has 9 aromatic rings. The minimum Gasteiger partial charge on any atom is -0.309 e. The zero-order chi connectivity index (χ0) is 35.4. The molecule has 0 aromatic heterocycles. The minimum absolute atomic E-state index is 1.09. The van der Waals surface area contributed by atoms with Gasteiger partial charge < -0.3 is 4.90 Å². The van der Waals surface area contributed by atoms with E-state index in [0.29, 0.717) is 0 Å². The Morgan fingerprint density at radius 2 is 0.679 bits per heavy atom. The second kappa shape index (κ2) is 14.3. The predicted molar refractivity (Wildman–Crippen MR) is 226 cm³/mol. The summed E-state index contributed by atoms with van der Waals surface area (Å²) in [6.07, 6.45) is 0. The summed E-state index contributed by atoms with van der Waals surface area (Å²) in [6, 6.07) is 80.9. The molecule has 1 heteroatoms. The molecule has 0 amide bonds. The van der Waals surface area contributed by atoms with Gasteiger partial charge in [-0.3, -0.25) is 0 Å². The minimum atomic E-state index is 1.09. The van der Waals surface area contributed by atoms with Crippen LogP contribution in [0.1, 0.15) is 0 Å². The fourth-order valence-electron chi connectivity index (χ4n) is 7.45. The smallest absolute Gasteiger partial charge is 0.0546 e. The summed E-state index contributed by atoms with van der Waals surface area (Å²) in [5.41, 5.74) is 15.2. The van der Waals surface area contributed by atoms with E-state index >= 15 is 0 Å². The molecule has 250 valence electrons. The first-order valence-corrected chi connectivity index (χ1v) is 18.2. The number of hydrogen-bond acceptors (Lipinski definition) is 1. The Labute approximate surface area is 311 Å². The fraction of sp³-hybridized carbons (Fsp3) is 0. The van der Waals surface area contributed by atoms with Crippen molar-refractivity contribution in [2.75, 3.05) is 4.90 Å². The van der Waals surface area contributed by atoms with Gasteiger partial charge in [0.05, 0.1) is 11.4 Å². The van der Waals surface area contributed by atoms with E-state index in [4.69, 9.17) is 0 Å². The topological polar surface area (TPSA) is 3.24 Å². The molecule has 0 saturated heterocycles. The summed E-state index contributed by atoms with van der Waals surface area (Å²) >= 11 is 0. The first-order chi connectivity index (χ1) is 26.3. The van der Waals surface area contributed by atoms with Gasteiger partial charge in [0, 0.05) is 16.8 Å². The molecular weight excluding hydrogens is 639 g/mol. The largest absolute Gasteiger partial charge is 0.309 e. The van der Waals surface area contributed by atoms with E-state index in [2.05, 4.69) is 229 Å². The Balaban J connectivity index is 1.23. The Morgan fingerprint density at radius 3 is 1.32 bits per heavy atom. The van der Waals surface area contributed by atoms with Gasteiger partial charge in [0.2, 0.25) is 0 Å². The highest BCUT2D eigenvalue weighted by Crippen LogP contribution is 2.46. The lowest BCUT2D eigenvalue weighted by Gasteiger charge is -2.30. The van der Waals surface area contributed by atoms with Gasteiger partial charge in [0.1, 0.15) is 0 Å². The van der Waals surface area contributed by atoms with E-state index in [9.17, 15) is 0 Å². The highest BCUT2D eigenvalue weighted by atomic mass is 15.1. The maximum absolute atomic E-state index is 2.45. The third kappa shape index (κ3) is 6.42. The first kappa shape index (κ1) is 32.0. The number of rotatable bonds is 8. The van der Waals surface area contributed by atoms with Crippen LogP contribution in [0.5, 0.6) is 0 Å². The second-order valence-corrected chi connectivity index (χ2v) is 13.3. The molecule has 0 unspecified atom stereocenters. The first-order valence-electron chi connectivity index (χ1n) is 18.2. The molecule has 0 fully saturated rings. The number of nitrogens with zero attached hydrogens (tertiary/aromatic N) is 1. The van der Waals surface area contributed by atoms with Crippen LogP contribution >= 0.6 is 0 Å². The zero-order valence-electron chi connectivity index (χ0n) is 29.3. The molecule has 0 saturated carbocycles. The summed E-state index contributed by atoms with van der Waals surface area (Å²) in [5.74, 6) is 0. The van der Waals surface area contributed by atoms with Crippen molar-refractivity contribution in [2.45, 2.75) is 0 Å². The van der Waals surface area contributed by atoms with Crippen molar-refractivity contribution in [3.05, 3.63) is 224 Å². The zero-order valence-corrected chi connectivity index (χ0v) is 29.3. The highest BCUT2D eigenvalue weighted by Gasteiger charge is 2.22. The van der Waals surface area contributed by atoms with Crippen LogP contribution in [0.15, 0.2) is 224 Å². The summed E-state index contributed by atoms with van der Waals surface area (Å²) in [7, 11) is 0. The molecule has 53 heavy (non-hydrogen) atoms. The lowest BCUT2D eigenvalue weighted by atomic mass is 9.93. The summed E-state index contributed by atoms with van der Waals surface area (Å²) in [6.45, 7) is 0. The van der Waals surface area contributed by atoms with E-state index in [1.807, 2.05) is 0 Å². The maximum atomic E-state index is 2.45. The Hall–Kier alpha value is -6.96. The van der Waals surface area contributed by atoms with Crippen LogP contribution in [0, 0.1) is 0 Å². The van der Waals surface area contributed by atoms with E-state index in [1.165, 1.54) is 60.8 Å². The summed E-state index contributed by atoms with van der Waals surface area (Å²) in [5, 5.41) is 2.48. The third-order valence-electron chi connectivity index (χ3n) is 10.1. The molecule has 9 rings (SSSR count). The number of benzene rings is 9. The van der Waals surface area contributed by atoms with Crippen LogP contribution in [-0.4, -0.2) is 0 Å². The van der Waals surface area contributed by atoms with Crippen LogP contribution in [0.3, 0.4) is 0 Å².